The van der Waals surface area contributed by atoms with Gasteiger partial charge in [0.05, 0.1) is 17.5 Å². The number of nitrogens with zero attached hydrogens (tertiary/aromatic N) is 2. The Balaban J connectivity index is 1.33. The van der Waals surface area contributed by atoms with Gasteiger partial charge >= 0.3 is 0 Å². The molecule has 0 aromatic carbocycles. The second-order valence-corrected chi connectivity index (χ2v) is 7.61. The summed E-state index contributed by atoms with van der Waals surface area (Å²) in [5.41, 5.74) is 1.09. The van der Waals surface area contributed by atoms with Crippen LogP contribution in [0.15, 0.2) is 12.2 Å². The number of thiazole rings is 1. The highest BCUT2D eigenvalue weighted by molar-refractivity contribution is 7.15. The summed E-state index contributed by atoms with van der Waals surface area (Å²) < 4.78 is 0. The Labute approximate surface area is 143 Å². The SMILES string of the molecule is O=C(CCN1C(=O)[C@H]2CC=CC[C@@H]2C1=O)Nc1nc2c(s1)CCC2. The number of aromatic nitrogens is 1. The Hall–Kier alpha value is -2.02. The van der Waals surface area contributed by atoms with Crippen LogP contribution in [0.2, 0.25) is 0 Å². The van der Waals surface area contributed by atoms with Crippen molar-refractivity contribution in [3.63, 3.8) is 0 Å². The molecule has 7 heteroatoms. The van der Waals surface area contributed by atoms with Gasteiger partial charge < -0.3 is 5.32 Å². The van der Waals surface area contributed by atoms with E-state index in [1.807, 2.05) is 12.2 Å². The molecule has 6 nitrogen and oxygen atoms in total. The minimum atomic E-state index is -0.229. The summed E-state index contributed by atoms with van der Waals surface area (Å²) in [6, 6.07) is 0. The fourth-order valence-corrected chi connectivity index (χ4v) is 4.79. The van der Waals surface area contributed by atoms with Crippen LogP contribution >= 0.6 is 11.3 Å². The number of allylic oxidation sites excluding steroid dienone is 2. The molecule has 2 aliphatic carbocycles. The van der Waals surface area contributed by atoms with Crippen molar-refractivity contribution in [2.45, 2.75) is 38.5 Å². The minimum absolute atomic E-state index is 0.120. The third-order valence-corrected chi connectivity index (χ3v) is 6.08. The normalized spacial score (nSPS) is 25.1. The molecule has 1 saturated heterocycles. The van der Waals surface area contributed by atoms with Crippen molar-refractivity contribution in [3.8, 4) is 0 Å². The molecule has 2 heterocycles. The number of fused-ring (bicyclic) bond motifs is 2. The van der Waals surface area contributed by atoms with E-state index < -0.39 is 0 Å². The topological polar surface area (TPSA) is 79.4 Å². The number of carbonyl (C=O) groups is 3. The van der Waals surface area contributed by atoms with Crippen LogP contribution in [0.5, 0.6) is 0 Å². The maximum absolute atomic E-state index is 12.3. The molecule has 126 valence electrons. The van der Waals surface area contributed by atoms with Crippen molar-refractivity contribution in [2.75, 3.05) is 11.9 Å². The molecule has 1 fully saturated rings. The lowest BCUT2D eigenvalue weighted by molar-refractivity contribution is -0.140. The number of carbonyl (C=O) groups excluding carboxylic acids is 3. The van der Waals surface area contributed by atoms with Gasteiger partial charge in [0.15, 0.2) is 5.13 Å². The van der Waals surface area contributed by atoms with E-state index in [9.17, 15) is 14.4 Å². The molecule has 0 saturated carbocycles. The fourth-order valence-electron chi connectivity index (χ4n) is 3.73. The van der Waals surface area contributed by atoms with Gasteiger partial charge in [-0.2, -0.15) is 0 Å². The van der Waals surface area contributed by atoms with Crippen LogP contribution in [0.3, 0.4) is 0 Å². The molecule has 0 spiro atoms. The average Bonchev–Trinajstić information content (AvgIpc) is 3.21. The molecule has 0 unspecified atom stereocenters. The van der Waals surface area contributed by atoms with Gasteiger partial charge in [0.25, 0.3) is 0 Å². The lowest BCUT2D eigenvalue weighted by atomic mass is 9.85. The van der Waals surface area contributed by atoms with Crippen molar-refractivity contribution >= 4 is 34.2 Å². The Morgan fingerprint density at radius 3 is 2.58 bits per heavy atom. The summed E-state index contributed by atoms with van der Waals surface area (Å²) in [5, 5.41) is 3.42. The number of rotatable bonds is 4. The Morgan fingerprint density at radius 2 is 1.92 bits per heavy atom. The van der Waals surface area contributed by atoms with Crippen LogP contribution in [0.4, 0.5) is 5.13 Å². The van der Waals surface area contributed by atoms with Crippen molar-refractivity contribution in [3.05, 3.63) is 22.7 Å². The lowest BCUT2D eigenvalue weighted by Crippen LogP contribution is -2.34. The molecular weight excluding hydrogens is 326 g/mol. The summed E-state index contributed by atoms with van der Waals surface area (Å²) in [4.78, 5) is 43.8. The standard InChI is InChI=1S/C17H19N3O3S/c21-14(19-17-18-12-6-3-7-13(12)24-17)8-9-20-15(22)10-4-1-2-5-11(10)16(20)23/h1-2,10-11H,3-9H2,(H,18,19,21)/t10-,11-/m0/s1. The van der Waals surface area contributed by atoms with E-state index in [4.69, 9.17) is 0 Å². The number of hydrogen-bond acceptors (Lipinski definition) is 5. The van der Waals surface area contributed by atoms with Crippen LogP contribution in [-0.2, 0) is 27.2 Å². The predicted molar refractivity (Wildman–Crippen MR) is 89.5 cm³/mol. The Morgan fingerprint density at radius 1 is 1.21 bits per heavy atom. The third-order valence-electron chi connectivity index (χ3n) is 5.00. The van der Waals surface area contributed by atoms with E-state index in [1.165, 1.54) is 21.1 Å². The van der Waals surface area contributed by atoms with Gasteiger partial charge in [-0.15, -0.1) is 11.3 Å². The maximum Gasteiger partial charge on any atom is 0.233 e. The van der Waals surface area contributed by atoms with Gasteiger partial charge in [-0.3, -0.25) is 19.3 Å². The summed E-state index contributed by atoms with van der Waals surface area (Å²) in [5.74, 6) is -0.915. The highest BCUT2D eigenvalue weighted by Gasteiger charge is 2.46. The predicted octanol–water partition coefficient (Wildman–Crippen LogP) is 1.91. The Kier molecular flexibility index (Phi) is 3.96. The van der Waals surface area contributed by atoms with E-state index in [0.717, 1.165) is 25.0 Å². The largest absolute Gasteiger partial charge is 0.302 e. The van der Waals surface area contributed by atoms with E-state index >= 15 is 0 Å². The number of anilines is 1. The van der Waals surface area contributed by atoms with Crippen molar-refractivity contribution in [1.29, 1.82) is 0 Å². The van der Waals surface area contributed by atoms with Crippen molar-refractivity contribution in [2.24, 2.45) is 11.8 Å². The molecule has 1 aromatic heterocycles. The number of aryl methyl sites for hydroxylation is 2. The van der Waals surface area contributed by atoms with Crippen LogP contribution in [-0.4, -0.2) is 34.2 Å². The zero-order valence-electron chi connectivity index (χ0n) is 13.3. The molecular formula is C17H19N3O3S. The Bertz CT molecular complexity index is 692. The molecule has 3 amide bonds. The second-order valence-electron chi connectivity index (χ2n) is 6.52. The van der Waals surface area contributed by atoms with Crippen molar-refractivity contribution < 1.29 is 14.4 Å². The molecule has 1 N–H and O–H groups in total. The minimum Gasteiger partial charge on any atom is -0.302 e. The third kappa shape index (κ3) is 2.66. The summed E-state index contributed by atoms with van der Waals surface area (Å²) >= 11 is 1.53. The molecule has 0 bridgehead atoms. The monoisotopic (exact) mass is 345 g/mol. The van der Waals surface area contributed by atoms with Crippen LogP contribution < -0.4 is 5.32 Å². The summed E-state index contributed by atoms with van der Waals surface area (Å²) in [6.45, 7) is 0.154. The summed E-state index contributed by atoms with van der Waals surface area (Å²) in [7, 11) is 0. The highest BCUT2D eigenvalue weighted by Crippen LogP contribution is 2.35. The molecule has 1 aliphatic heterocycles. The van der Waals surface area contributed by atoms with E-state index in [2.05, 4.69) is 10.3 Å². The molecule has 24 heavy (non-hydrogen) atoms. The van der Waals surface area contributed by atoms with Gasteiger partial charge in [0.1, 0.15) is 0 Å². The first kappa shape index (κ1) is 15.5. The summed E-state index contributed by atoms with van der Waals surface area (Å²) in [6.07, 6.45) is 8.46. The number of likely N-dealkylation sites (tertiary alicyclic amines) is 1. The molecule has 0 radical (unpaired) electrons. The highest BCUT2D eigenvalue weighted by atomic mass is 32.1. The number of imide groups is 1. The lowest BCUT2D eigenvalue weighted by Gasteiger charge is -2.14. The maximum atomic E-state index is 12.3. The smallest absolute Gasteiger partial charge is 0.233 e. The number of amides is 3. The van der Waals surface area contributed by atoms with E-state index in [0.29, 0.717) is 18.0 Å². The zero-order valence-corrected chi connectivity index (χ0v) is 14.1. The first-order valence-corrected chi connectivity index (χ1v) is 9.24. The first-order chi connectivity index (χ1) is 11.6. The van der Waals surface area contributed by atoms with E-state index in [1.54, 1.807) is 0 Å². The number of hydrogen-bond donors (Lipinski definition) is 1. The van der Waals surface area contributed by atoms with Crippen LogP contribution in [0.25, 0.3) is 0 Å². The van der Waals surface area contributed by atoms with Crippen molar-refractivity contribution in [1.82, 2.24) is 9.88 Å². The molecule has 4 rings (SSSR count). The fraction of sp³-hybridized carbons (Fsp3) is 0.529. The molecule has 2 atom stereocenters. The average molecular weight is 345 g/mol. The van der Waals surface area contributed by atoms with Gasteiger partial charge in [-0.05, 0) is 32.1 Å². The van der Waals surface area contributed by atoms with Gasteiger partial charge in [0.2, 0.25) is 17.7 Å². The van der Waals surface area contributed by atoms with Crippen LogP contribution in [0.1, 0.15) is 36.3 Å². The van der Waals surface area contributed by atoms with Gasteiger partial charge in [-0.25, -0.2) is 4.98 Å². The molecule has 1 aromatic rings. The molecule has 3 aliphatic rings. The second kappa shape index (κ2) is 6.12. The quantitative estimate of drug-likeness (QED) is 0.668. The van der Waals surface area contributed by atoms with Gasteiger partial charge in [-0.1, -0.05) is 12.2 Å². The van der Waals surface area contributed by atoms with E-state index in [-0.39, 0.29) is 42.5 Å². The zero-order chi connectivity index (χ0) is 16.7. The number of nitrogens with one attached hydrogen (secondary N) is 1. The van der Waals surface area contributed by atoms with Gasteiger partial charge in [0, 0.05) is 17.8 Å². The van der Waals surface area contributed by atoms with Crippen LogP contribution in [0, 0.1) is 11.8 Å². The first-order valence-electron chi connectivity index (χ1n) is 8.42.